The monoisotopic (exact) mass is 313 g/mol. The molecule has 0 aromatic heterocycles. The lowest BCUT2D eigenvalue weighted by atomic mass is 9.60. The van der Waals surface area contributed by atoms with E-state index >= 15 is 0 Å². The van der Waals surface area contributed by atoms with Crippen LogP contribution in [-0.2, 0) is 4.74 Å². The lowest BCUT2D eigenvalue weighted by molar-refractivity contribution is -0.0523. The van der Waals surface area contributed by atoms with Crippen LogP contribution < -0.4 is 5.32 Å². The molecule has 0 bridgehead atoms. The van der Waals surface area contributed by atoms with E-state index in [1.165, 1.54) is 6.42 Å². The van der Waals surface area contributed by atoms with Gasteiger partial charge in [0.1, 0.15) is 0 Å². The smallest absolute Gasteiger partial charge is 0.253 e. The Morgan fingerprint density at radius 3 is 2.60 bits per heavy atom. The Kier molecular flexibility index (Phi) is 3.93. The molecule has 1 spiro atoms. The van der Waals surface area contributed by atoms with Crippen molar-refractivity contribution in [2.24, 2.45) is 5.41 Å². The SMILES string of the molecule is O=C(NC1CCC12CCOCC2)c1ccc(Cl)cc1Cl. The summed E-state index contributed by atoms with van der Waals surface area (Å²) in [5.74, 6) is -0.109. The number of ether oxygens (including phenoxy) is 1. The van der Waals surface area contributed by atoms with Gasteiger partial charge in [-0.1, -0.05) is 23.2 Å². The fraction of sp³-hybridized carbons (Fsp3) is 0.533. The number of rotatable bonds is 2. The Balaban J connectivity index is 1.70. The predicted octanol–water partition coefficient (Wildman–Crippen LogP) is 3.68. The zero-order valence-electron chi connectivity index (χ0n) is 11.1. The summed E-state index contributed by atoms with van der Waals surface area (Å²) in [6, 6.07) is 5.21. The van der Waals surface area contributed by atoms with Crippen molar-refractivity contribution in [2.75, 3.05) is 13.2 Å². The molecular formula is C15H17Cl2NO2. The average Bonchev–Trinajstić information content (AvgIpc) is 2.44. The van der Waals surface area contributed by atoms with Crippen LogP contribution in [0, 0.1) is 5.41 Å². The minimum absolute atomic E-state index is 0.109. The molecule has 1 amide bonds. The number of carbonyl (C=O) groups is 1. The number of carbonyl (C=O) groups excluding carboxylic acids is 1. The highest BCUT2D eigenvalue weighted by atomic mass is 35.5. The molecule has 1 aliphatic heterocycles. The predicted molar refractivity (Wildman–Crippen MR) is 79.4 cm³/mol. The fourth-order valence-electron chi connectivity index (χ4n) is 3.21. The van der Waals surface area contributed by atoms with Crippen LogP contribution in [0.5, 0.6) is 0 Å². The Morgan fingerprint density at radius 1 is 1.25 bits per heavy atom. The molecule has 1 aromatic rings. The van der Waals surface area contributed by atoms with Gasteiger partial charge < -0.3 is 10.1 Å². The molecule has 3 nitrogen and oxygen atoms in total. The molecule has 108 valence electrons. The van der Waals surface area contributed by atoms with E-state index in [2.05, 4.69) is 5.32 Å². The van der Waals surface area contributed by atoms with Crippen molar-refractivity contribution in [3.8, 4) is 0 Å². The van der Waals surface area contributed by atoms with Gasteiger partial charge in [0, 0.05) is 24.3 Å². The molecule has 3 rings (SSSR count). The number of benzene rings is 1. The van der Waals surface area contributed by atoms with Crippen molar-refractivity contribution in [1.29, 1.82) is 0 Å². The molecule has 1 heterocycles. The van der Waals surface area contributed by atoms with E-state index in [0.717, 1.165) is 32.5 Å². The van der Waals surface area contributed by atoms with Gasteiger partial charge >= 0.3 is 0 Å². The van der Waals surface area contributed by atoms with Crippen LogP contribution in [0.2, 0.25) is 10.0 Å². The number of halogens is 2. The molecule has 1 unspecified atom stereocenters. The van der Waals surface area contributed by atoms with Crippen molar-refractivity contribution in [1.82, 2.24) is 5.32 Å². The number of amides is 1. The van der Waals surface area contributed by atoms with Gasteiger partial charge in [-0.05, 0) is 49.3 Å². The molecule has 1 saturated heterocycles. The Morgan fingerprint density at radius 2 is 2.00 bits per heavy atom. The van der Waals surface area contributed by atoms with Crippen LogP contribution in [0.15, 0.2) is 18.2 Å². The normalized spacial score (nSPS) is 24.2. The first-order chi connectivity index (χ1) is 9.61. The van der Waals surface area contributed by atoms with E-state index in [4.69, 9.17) is 27.9 Å². The van der Waals surface area contributed by atoms with Crippen LogP contribution in [0.1, 0.15) is 36.0 Å². The number of hydrogen-bond acceptors (Lipinski definition) is 2. The maximum Gasteiger partial charge on any atom is 0.253 e. The van der Waals surface area contributed by atoms with Gasteiger partial charge in [-0.2, -0.15) is 0 Å². The number of nitrogens with one attached hydrogen (secondary N) is 1. The second-order valence-corrected chi connectivity index (χ2v) is 6.51. The van der Waals surface area contributed by atoms with Crippen LogP contribution in [0.3, 0.4) is 0 Å². The van der Waals surface area contributed by atoms with Gasteiger partial charge in [0.25, 0.3) is 5.91 Å². The molecule has 0 radical (unpaired) electrons. The van der Waals surface area contributed by atoms with Crippen molar-refractivity contribution < 1.29 is 9.53 Å². The summed E-state index contributed by atoms with van der Waals surface area (Å²) in [5, 5.41) is 4.07. The van der Waals surface area contributed by atoms with Gasteiger partial charge in [0.15, 0.2) is 0 Å². The van der Waals surface area contributed by atoms with Crippen molar-refractivity contribution in [3.05, 3.63) is 33.8 Å². The van der Waals surface area contributed by atoms with Gasteiger partial charge in [0.2, 0.25) is 0 Å². The highest BCUT2D eigenvalue weighted by Crippen LogP contribution is 2.48. The molecule has 2 fully saturated rings. The third kappa shape index (κ3) is 2.54. The van der Waals surface area contributed by atoms with Crippen molar-refractivity contribution in [3.63, 3.8) is 0 Å². The van der Waals surface area contributed by atoms with Crippen LogP contribution >= 0.6 is 23.2 Å². The van der Waals surface area contributed by atoms with Crippen LogP contribution in [0.4, 0.5) is 0 Å². The zero-order valence-corrected chi connectivity index (χ0v) is 12.6. The topological polar surface area (TPSA) is 38.3 Å². The standard InChI is InChI=1S/C15H17Cl2NO2/c16-10-1-2-11(12(17)9-10)14(19)18-13-3-4-15(13)5-7-20-8-6-15/h1-2,9,13H,3-8H2,(H,18,19). The van der Waals surface area contributed by atoms with Gasteiger partial charge in [-0.3, -0.25) is 4.79 Å². The lowest BCUT2D eigenvalue weighted by Gasteiger charge is -2.52. The summed E-state index contributed by atoms with van der Waals surface area (Å²) in [5.41, 5.74) is 0.734. The van der Waals surface area contributed by atoms with Crippen LogP contribution in [0.25, 0.3) is 0 Å². The third-order valence-electron chi connectivity index (χ3n) is 4.64. The van der Waals surface area contributed by atoms with E-state index in [1.807, 2.05) is 0 Å². The van der Waals surface area contributed by atoms with E-state index in [-0.39, 0.29) is 17.4 Å². The summed E-state index contributed by atoms with van der Waals surface area (Å²) in [6.07, 6.45) is 4.28. The van der Waals surface area contributed by atoms with Crippen LogP contribution in [-0.4, -0.2) is 25.2 Å². The van der Waals surface area contributed by atoms with E-state index < -0.39 is 0 Å². The molecule has 1 atom stereocenters. The zero-order chi connectivity index (χ0) is 14.2. The number of hydrogen-bond donors (Lipinski definition) is 1. The highest BCUT2D eigenvalue weighted by Gasteiger charge is 2.48. The van der Waals surface area contributed by atoms with Crippen molar-refractivity contribution >= 4 is 29.1 Å². The third-order valence-corrected chi connectivity index (χ3v) is 5.19. The minimum atomic E-state index is -0.109. The van der Waals surface area contributed by atoms with Gasteiger partial charge in [0.05, 0.1) is 10.6 Å². The summed E-state index contributed by atoms with van der Waals surface area (Å²) in [7, 11) is 0. The lowest BCUT2D eigenvalue weighted by Crippen LogP contribution is -2.57. The van der Waals surface area contributed by atoms with E-state index in [1.54, 1.807) is 18.2 Å². The molecule has 20 heavy (non-hydrogen) atoms. The average molecular weight is 314 g/mol. The quantitative estimate of drug-likeness (QED) is 0.904. The Labute approximate surface area is 128 Å². The van der Waals surface area contributed by atoms with E-state index in [0.29, 0.717) is 15.6 Å². The summed E-state index contributed by atoms with van der Waals surface area (Å²) >= 11 is 11.9. The first-order valence-electron chi connectivity index (χ1n) is 6.94. The first kappa shape index (κ1) is 14.2. The van der Waals surface area contributed by atoms with Gasteiger partial charge in [-0.15, -0.1) is 0 Å². The minimum Gasteiger partial charge on any atom is -0.381 e. The maximum atomic E-state index is 12.3. The molecule has 1 saturated carbocycles. The summed E-state index contributed by atoms with van der Waals surface area (Å²) < 4.78 is 5.42. The molecule has 1 N–H and O–H groups in total. The second-order valence-electron chi connectivity index (χ2n) is 5.66. The Hall–Kier alpha value is -0.770. The molecular weight excluding hydrogens is 297 g/mol. The second kappa shape index (κ2) is 5.55. The Bertz CT molecular complexity index is 527. The van der Waals surface area contributed by atoms with Crippen molar-refractivity contribution in [2.45, 2.75) is 31.7 Å². The first-order valence-corrected chi connectivity index (χ1v) is 7.70. The maximum absolute atomic E-state index is 12.3. The van der Waals surface area contributed by atoms with Gasteiger partial charge in [-0.25, -0.2) is 0 Å². The summed E-state index contributed by atoms with van der Waals surface area (Å²) in [4.78, 5) is 12.3. The fourth-order valence-corrected chi connectivity index (χ4v) is 3.70. The molecule has 1 aromatic carbocycles. The molecule has 2 aliphatic rings. The largest absolute Gasteiger partial charge is 0.381 e. The van der Waals surface area contributed by atoms with E-state index in [9.17, 15) is 4.79 Å². The molecule has 1 aliphatic carbocycles. The highest BCUT2D eigenvalue weighted by molar-refractivity contribution is 6.36. The summed E-state index contributed by atoms with van der Waals surface area (Å²) in [6.45, 7) is 1.60. The molecule has 5 heteroatoms.